The lowest BCUT2D eigenvalue weighted by Gasteiger charge is -2.41. The van der Waals surface area contributed by atoms with Gasteiger partial charge in [0.25, 0.3) is 0 Å². The van der Waals surface area contributed by atoms with Crippen LogP contribution in [0.25, 0.3) is 0 Å². The van der Waals surface area contributed by atoms with Crippen molar-refractivity contribution >= 4 is 0 Å². The molecular weight excluding hydrogens is 192 g/mol. The van der Waals surface area contributed by atoms with Crippen LogP contribution in [0.2, 0.25) is 0 Å². The lowest BCUT2D eigenvalue weighted by Crippen LogP contribution is -2.57. The van der Waals surface area contributed by atoms with Crippen molar-refractivity contribution in [3.05, 3.63) is 0 Å². The Labute approximate surface area is 92.5 Å². The Morgan fingerprint density at radius 3 is 3.00 bits per heavy atom. The van der Waals surface area contributed by atoms with E-state index in [4.69, 9.17) is 15.2 Å². The average molecular weight is 216 g/mol. The Kier molecular flexibility index (Phi) is 5.53. The smallest absolute Gasteiger partial charge is 0.0590 e. The fourth-order valence-electron chi connectivity index (χ4n) is 2.12. The van der Waals surface area contributed by atoms with Crippen molar-refractivity contribution < 1.29 is 9.47 Å². The maximum atomic E-state index is 5.88. The molecule has 0 radical (unpaired) electrons. The van der Waals surface area contributed by atoms with Gasteiger partial charge in [-0.2, -0.15) is 0 Å². The highest BCUT2D eigenvalue weighted by Gasteiger charge is 2.34. The molecule has 0 aliphatic carbocycles. The van der Waals surface area contributed by atoms with Crippen molar-refractivity contribution in [2.45, 2.75) is 37.8 Å². The quantitative estimate of drug-likeness (QED) is 0.635. The van der Waals surface area contributed by atoms with E-state index in [0.29, 0.717) is 12.6 Å². The molecule has 4 heteroatoms. The summed E-state index contributed by atoms with van der Waals surface area (Å²) in [4.78, 5) is 0. The number of hydrogen-bond acceptors (Lipinski definition) is 4. The summed E-state index contributed by atoms with van der Waals surface area (Å²) < 4.78 is 10.7. The van der Waals surface area contributed by atoms with E-state index in [0.717, 1.165) is 39.0 Å². The third-order valence-corrected chi connectivity index (χ3v) is 3.20. The predicted molar refractivity (Wildman–Crippen MR) is 60.9 cm³/mol. The zero-order chi connectivity index (χ0) is 11.1. The Morgan fingerprint density at radius 1 is 1.60 bits per heavy atom. The SMILES string of the molecule is CCC1CC(CN)(NCCOC)CCO1. The normalized spacial score (nSPS) is 31.8. The Balaban J connectivity index is 2.43. The molecule has 0 spiro atoms. The fourth-order valence-corrected chi connectivity index (χ4v) is 2.12. The van der Waals surface area contributed by atoms with Gasteiger partial charge in [-0.1, -0.05) is 6.92 Å². The number of nitrogens with two attached hydrogens (primary N) is 1. The van der Waals surface area contributed by atoms with E-state index in [1.807, 2.05) is 0 Å². The summed E-state index contributed by atoms with van der Waals surface area (Å²) >= 11 is 0. The van der Waals surface area contributed by atoms with Gasteiger partial charge in [-0.05, 0) is 19.3 Å². The summed E-state index contributed by atoms with van der Waals surface area (Å²) in [6.07, 6.45) is 3.44. The second kappa shape index (κ2) is 6.43. The summed E-state index contributed by atoms with van der Waals surface area (Å²) in [6.45, 7) is 5.25. The maximum absolute atomic E-state index is 5.88. The summed E-state index contributed by atoms with van der Waals surface area (Å²) in [7, 11) is 1.72. The van der Waals surface area contributed by atoms with Crippen molar-refractivity contribution in [1.82, 2.24) is 5.32 Å². The number of nitrogens with one attached hydrogen (secondary N) is 1. The van der Waals surface area contributed by atoms with Crippen molar-refractivity contribution in [2.24, 2.45) is 5.73 Å². The molecule has 1 saturated heterocycles. The first-order valence-corrected chi connectivity index (χ1v) is 5.82. The topological polar surface area (TPSA) is 56.5 Å². The number of rotatable bonds is 6. The monoisotopic (exact) mass is 216 g/mol. The molecule has 0 aromatic carbocycles. The zero-order valence-electron chi connectivity index (χ0n) is 9.92. The second-order valence-corrected chi connectivity index (χ2v) is 4.26. The first kappa shape index (κ1) is 12.9. The molecule has 0 aromatic rings. The predicted octanol–water partition coefficient (Wildman–Crippen LogP) is 0.509. The lowest BCUT2D eigenvalue weighted by atomic mass is 9.86. The van der Waals surface area contributed by atoms with Gasteiger partial charge in [-0.25, -0.2) is 0 Å². The van der Waals surface area contributed by atoms with Crippen LogP contribution in [0, 0.1) is 0 Å². The Hall–Kier alpha value is -0.160. The molecule has 1 rings (SSSR count). The molecule has 4 nitrogen and oxygen atoms in total. The van der Waals surface area contributed by atoms with Crippen molar-refractivity contribution in [1.29, 1.82) is 0 Å². The van der Waals surface area contributed by atoms with Crippen LogP contribution in [0.3, 0.4) is 0 Å². The minimum Gasteiger partial charge on any atom is -0.383 e. The van der Waals surface area contributed by atoms with E-state index in [2.05, 4.69) is 12.2 Å². The maximum Gasteiger partial charge on any atom is 0.0590 e. The molecular formula is C11H24N2O2. The molecule has 1 heterocycles. The Morgan fingerprint density at radius 2 is 2.40 bits per heavy atom. The number of ether oxygens (including phenoxy) is 2. The van der Waals surface area contributed by atoms with E-state index in [9.17, 15) is 0 Å². The first-order chi connectivity index (χ1) is 7.26. The zero-order valence-corrected chi connectivity index (χ0v) is 9.92. The Bertz CT molecular complexity index is 178. The number of hydrogen-bond donors (Lipinski definition) is 2. The standard InChI is InChI=1S/C11H24N2O2/c1-3-10-8-11(9-12,4-6-15-10)13-5-7-14-2/h10,13H,3-9,12H2,1-2H3. The third kappa shape index (κ3) is 3.72. The highest BCUT2D eigenvalue weighted by Crippen LogP contribution is 2.25. The molecule has 0 bridgehead atoms. The van der Waals surface area contributed by atoms with Crippen molar-refractivity contribution in [3.63, 3.8) is 0 Å². The number of methoxy groups -OCH3 is 1. The van der Waals surface area contributed by atoms with Crippen molar-refractivity contribution in [2.75, 3.05) is 33.4 Å². The van der Waals surface area contributed by atoms with E-state index in [1.165, 1.54) is 0 Å². The van der Waals surface area contributed by atoms with Gasteiger partial charge in [0.05, 0.1) is 12.7 Å². The second-order valence-electron chi connectivity index (χ2n) is 4.26. The molecule has 3 N–H and O–H groups in total. The van der Waals surface area contributed by atoms with Crippen molar-refractivity contribution in [3.8, 4) is 0 Å². The molecule has 1 fully saturated rings. The fraction of sp³-hybridized carbons (Fsp3) is 1.00. The van der Waals surface area contributed by atoms with E-state index in [1.54, 1.807) is 7.11 Å². The van der Waals surface area contributed by atoms with E-state index >= 15 is 0 Å². The highest BCUT2D eigenvalue weighted by molar-refractivity contribution is 4.93. The molecule has 2 atom stereocenters. The molecule has 0 amide bonds. The summed E-state index contributed by atoms with van der Waals surface area (Å²) in [5, 5.41) is 3.52. The third-order valence-electron chi connectivity index (χ3n) is 3.20. The van der Waals surface area contributed by atoms with Gasteiger partial charge in [0, 0.05) is 32.3 Å². The van der Waals surface area contributed by atoms with E-state index < -0.39 is 0 Å². The van der Waals surface area contributed by atoms with Crippen LogP contribution in [0.4, 0.5) is 0 Å². The van der Waals surface area contributed by atoms with Gasteiger partial charge in [-0.3, -0.25) is 0 Å². The van der Waals surface area contributed by atoms with Gasteiger partial charge in [0.1, 0.15) is 0 Å². The van der Waals surface area contributed by atoms with Gasteiger partial charge >= 0.3 is 0 Å². The van der Waals surface area contributed by atoms with Crippen LogP contribution in [-0.4, -0.2) is 45.1 Å². The summed E-state index contributed by atoms with van der Waals surface area (Å²) in [5.74, 6) is 0. The van der Waals surface area contributed by atoms with E-state index in [-0.39, 0.29) is 5.54 Å². The molecule has 1 aliphatic rings. The molecule has 0 aromatic heterocycles. The molecule has 2 unspecified atom stereocenters. The molecule has 15 heavy (non-hydrogen) atoms. The first-order valence-electron chi connectivity index (χ1n) is 5.82. The summed E-state index contributed by atoms with van der Waals surface area (Å²) in [6, 6.07) is 0. The largest absolute Gasteiger partial charge is 0.383 e. The van der Waals surface area contributed by atoms with Crippen LogP contribution in [0.15, 0.2) is 0 Å². The van der Waals surface area contributed by atoms with Gasteiger partial charge in [0.2, 0.25) is 0 Å². The molecule has 90 valence electrons. The van der Waals surface area contributed by atoms with Crippen LogP contribution in [-0.2, 0) is 9.47 Å². The highest BCUT2D eigenvalue weighted by atomic mass is 16.5. The van der Waals surface area contributed by atoms with Crippen LogP contribution in [0.5, 0.6) is 0 Å². The minimum atomic E-state index is 0.0669. The van der Waals surface area contributed by atoms with Gasteiger partial charge in [0.15, 0.2) is 0 Å². The van der Waals surface area contributed by atoms with Crippen LogP contribution in [0.1, 0.15) is 26.2 Å². The summed E-state index contributed by atoms with van der Waals surface area (Å²) in [5.41, 5.74) is 5.95. The minimum absolute atomic E-state index is 0.0669. The lowest BCUT2D eigenvalue weighted by molar-refractivity contribution is -0.0291. The van der Waals surface area contributed by atoms with Gasteiger partial charge < -0.3 is 20.5 Å². The molecule has 0 saturated carbocycles. The van der Waals surface area contributed by atoms with Gasteiger partial charge in [-0.15, -0.1) is 0 Å². The average Bonchev–Trinajstić information content (AvgIpc) is 2.30. The van der Waals surface area contributed by atoms with Crippen LogP contribution < -0.4 is 11.1 Å². The molecule has 1 aliphatic heterocycles. The van der Waals surface area contributed by atoms with Crippen LogP contribution >= 0.6 is 0 Å².